The summed E-state index contributed by atoms with van der Waals surface area (Å²) >= 11 is 0. The molecule has 0 atom stereocenters. The first kappa shape index (κ1) is 30.2. The van der Waals surface area contributed by atoms with Gasteiger partial charge in [0.2, 0.25) is 0 Å². The third-order valence-electron chi connectivity index (χ3n) is 7.11. The van der Waals surface area contributed by atoms with Gasteiger partial charge in [-0.2, -0.15) is 0 Å². The quantitative estimate of drug-likeness (QED) is 0.211. The third-order valence-corrected chi connectivity index (χ3v) is 7.11. The third kappa shape index (κ3) is 6.59. The van der Waals surface area contributed by atoms with Gasteiger partial charge >= 0.3 is 5.97 Å². The number of ether oxygens (including phenoxy) is 4. The van der Waals surface area contributed by atoms with Crippen molar-refractivity contribution in [2.75, 3.05) is 13.7 Å². The summed E-state index contributed by atoms with van der Waals surface area (Å²) in [6.45, 7) is 11.5. The number of esters is 1. The highest BCUT2D eigenvalue weighted by Crippen LogP contribution is 2.48. The van der Waals surface area contributed by atoms with E-state index >= 15 is 0 Å². The molecule has 0 saturated carbocycles. The minimum absolute atomic E-state index is 0. The Morgan fingerprint density at radius 1 is 1.00 bits per heavy atom. The van der Waals surface area contributed by atoms with Crippen molar-refractivity contribution in [3.8, 4) is 17.2 Å². The van der Waals surface area contributed by atoms with Crippen LogP contribution in [0.15, 0.2) is 65.7 Å². The van der Waals surface area contributed by atoms with Crippen LogP contribution in [0.2, 0.25) is 0 Å². The highest BCUT2D eigenvalue weighted by Gasteiger charge is 2.39. The van der Waals surface area contributed by atoms with Crippen LogP contribution in [-0.2, 0) is 29.0 Å². The fourth-order valence-electron chi connectivity index (χ4n) is 5.45. The van der Waals surface area contributed by atoms with Gasteiger partial charge in [-0.25, -0.2) is 4.79 Å². The maximum atomic E-state index is 11.8. The van der Waals surface area contributed by atoms with E-state index in [-0.39, 0.29) is 23.5 Å². The number of methoxy groups -OCH3 is 1. The van der Waals surface area contributed by atoms with Crippen molar-refractivity contribution in [3.63, 3.8) is 0 Å². The second-order valence-corrected chi connectivity index (χ2v) is 11.5. The Hall–Kier alpha value is -3.77. The first-order valence-electron chi connectivity index (χ1n) is 13.8. The molecule has 0 radical (unpaired) electrons. The molecule has 2 heterocycles. The van der Waals surface area contributed by atoms with Crippen molar-refractivity contribution >= 4 is 30.2 Å². The van der Waals surface area contributed by atoms with Gasteiger partial charge in [0.1, 0.15) is 18.0 Å². The van der Waals surface area contributed by atoms with E-state index in [2.05, 4.69) is 33.8 Å². The number of carbonyl (C=O) groups excluding carboxylic acids is 1. The number of hydrogen-bond donors (Lipinski definition) is 0. The summed E-state index contributed by atoms with van der Waals surface area (Å²) in [4.78, 5) is 17.1. The van der Waals surface area contributed by atoms with Crippen LogP contribution in [0.3, 0.4) is 0 Å². The van der Waals surface area contributed by atoms with Gasteiger partial charge < -0.3 is 18.9 Å². The molecule has 0 spiro atoms. The van der Waals surface area contributed by atoms with Crippen LogP contribution in [0.1, 0.15) is 68.0 Å². The van der Waals surface area contributed by atoms with E-state index in [1.54, 1.807) is 6.08 Å². The molecule has 0 saturated heterocycles. The molecule has 6 nitrogen and oxygen atoms in total. The van der Waals surface area contributed by atoms with Crippen LogP contribution in [-0.4, -0.2) is 36.5 Å². The van der Waals surface area contributed by atoms with E-state index in [1.807, 2.05) is 55.5 Å². The van der Waals surface area contributed by atoms with Gasteiger partial charge in [-0.3, -0.25) is 4.99 Å². The number of halogens is 1. The molecule has 41 heavy (non-hydrogen) atoms. The monoisotopic (exact) mass is 575 g/mol. The van der Waals surface area contributed by atoms with Gasteiger partial charge in [-0.05, 0) is 70.4 Å². The molecule has 216 valence electrons. The number of aliphatic imine (C=N–C) groups is 1. The van der Waals surface area contributed by atoms with E-state index in [9.17, 15) is 4.79 Å². The Kier molecular flexibility index (Phi) is 8.83. The molecular weight excluding hydrogens is 538 g/mol. The van der Waals surface area contributed by atoms with Gasteiger partial charge in [-0.15, -0.1) is 12.4 Å². The van der Waals surface area contributed by atoms with Crippen LogP contribution < -0.4 is 14.2 Å². The molecule has 0 N–H and O–H groups in total. The zero-order chi connectivity index (χ0) is 28.5. The maximum Gasteiger partial charge on any atom is 0.330 e. The Labute approximate surface area is 248 Å². The largest absolute Gasteiger partial charge is 0.490 e. The summed E-state index contributed by atoms with van der Waals surface area (Å²) in [7, 11) is 1.36. The van der Waals surface area contributed by atoms with Crippen LogP contribution in [0.5, 0.6) is 17.2 Å². The molecule has 7 heteroatoms. The van der Waals surface area contributed by atoms with E-state index in [0.29, 0.717) is 19.0 Å². The highest BCUT2D eigenvalue weighted by atomic mass is 35.5. The first-order valence-corrected chi connectivity index (χ1v) is 13.8. The molecule has 2 aliphatic rings. The lowest BCUT2D eigenvalue weighted by molar-refractivity contribution is -0.134. The van der Waals surface area contributed by atoms with E-state index < -0.39 is 5.97 Å². The number of fused-ring (bicyclic) bond motifs is 3. The summed E-state index contributed by atoms with van der Waals surface area (Å²) in [5.41, 5.74) is 6.53. The molecule has 0 amide bonds. The second kappa shape index (κ2) is 12.0. The van der Waals surface area contributed by atoms with Gasteiger partial charge in [0, 0.05) is 34.8 Å². The van der Waals surface area contributed by atoms with Crippen LogP contribution in [0, 0.1) is 0 Å². The van der Waals surface area contributed by atoms with Crippen LogP contribution in [0.4, 0.5) is 0 Å². The summed E-state index contributed by atoms with van der Waals surface area (Å²) < 4.78 is 23.6. The van der Waals surface area contributed by atoms with Crippen molar-refractivity contribution < 1.29 is 23.7 Å². The van der Waals surface area contributed by atoms with Crippen molar-refractivity contribution in [1.29, 1.82) is 0 Å². The van der Waals surface area contributed by atoms with Gasteiger partial charge in [0.05, 0.1) is 25.0 Å². The number of nitrogens with zero attached hydrogens (tertiary/aromatic N) is 1. The predicted molar refractivity (Wildman–Crippen MR) is 165 cm³/mol. The van der Waals surface area contributed by atoms with Gasteiger partial charge in [0.15, 0.2) is 11.5 Å². The van der Waals surface area contributed by atoms with Crippen molar-refractivity contribution in [2.45, 2.75) is 65.2 Å². The SMILES string of the molecule is CCOc1cc2c(c3c1OC(C)(C)C3)C(c1ccc(/C=C/C(=O)OC)c(OCc3ccccc3)c1)=NC(C)(C)C2.Cl. The normalized spacial score (nSPS) is 16.1. The molecule has 3 aromatic carbocycles. The molecule has 0 aromatic heterocycles. The average Bonchev–Trinajstić information content (AvgIpc) is 3.25. The average molecular weight is 576 g/mol. The first-order chi connectivity index (χ1) is 19.1. The standard InChI is InChI=1S/C34H37NO5.ClH/c1-7-38-28-18-25-19-33(2,3)35-31(30(25)26-20-34(4,5)40-32(26)28)24-14-13-23(15-16-29(36)37-6)27(17-24)39-21-22-11-9-8-10-12-22;/h8-18H,7,19-21H2,1-6H3;1H/b16-15+;. The minimum atomic E-state index is -0.423. The maximum absolute atomic E-state index is 11.8. The Morgan fingerprint density at radius 3 is 2.46 bits per heavy atom. The predicted octanol–water partition coefficient (Wildman–Crippen LogP) is 7.16. The van der Waals surface area contributed by atoms with Crippen LogP contribution in [0.25, 0.3) is 6.08 Å². The molecule has 0 bridgehead atoms. The van der Waals surface area contributed by atoms with Crippen molar-refractivity contribution in [3.05, 3.63) is 94.1 Å². The lowest BCUT2D eigenvalue weighted by atomic mass is 9.81. The molecular formula is C34H38ClNO5. The lowest BCUT2D eigenvalue weighted by Crippen LogP contribution is -2.30. The second-order valence-electron chi connectivity index (χ2n) is 11.5. The fourth-order valence-corrected chi connectivity index (χ4v) is 5.45. The van der Waals surface area contributed by atoms with Crippen molar-refractivity contribution in [2.24, 2.45) is 4.99 Å². The minimum Gasteiger partial charge on any atom is -0.490 e. The molecule has 0 unspecified atom stereocenters. The summed E-state index contributed by atoms with van der Waals surface area (Å²) in [6.07, 6.45) is 4.70. The van der Waals surface area contributed by atoms with Crippen LogP contribution >= 0.6 is 12.4 Å². The number of carbonyl (C=O) groups is 1. The number of rotatable bonds is 8. The molecule has 3 aromatic rings. The molecule has 5 rings (SSSR count). The molecule has 0 aliphatic carbocycles. The molecule has 0 fully saturated rings. The fraction of sp³-hybridized carbons (Fsp3) is 0.353. The number of benzene rings is 3. The van der Waals surface area contributed by atoms with Gasteiger partial charge in [0.25, 0.3) is 0 Å². The summed E-state index contributed by atoms with van der Waals surface area (Å²) in [5.74, 6) is 1.85. The van der Waals surface area contributed by atoms with E-state index in [1.165, 1.54) is 18.7 Å². The Morgan fingerprint density at radius 2 is 1.76 bits per heavy atom. The zero-order valence-corrected chi connectivity index (χ0v) is 25.4. The lowest BCUT2D eigenvalue weighted by Gasteiger charge is -2.31. The number of hydrogen-bond acceptors (Lipinski definition) is 6. The molecule has 2 aliphatic heterocycles. The Bertz CT molecular complexity index is 1490. The van der Waals surface area contributed by atoms with E-state index in [4.69, 9.17) is 23.9 Å². The van der Waals surface area contributed by atoms with Crippen molar-refractivity contribution in [1.82, 2.24) is 0 Å². The highest BCUT2D eigenvalue weighted by molar-refractivity contribution is 6.16. The topological polar surface area (TPSA) is 66.4 Å². The summed E-state index contributed by atoms with van der Waals surface area (Å²) in [6, 6.07) is 18.2. The zero-order valence-electron chi connectivity index (χ0n) is 24.6. The van der Waals surface area contributed by atoms with E-state index in [0.717, 1.165) is 57.9 Å². The smallest absolute Gasteiger partial charge is 0.330 e. The summed E-state index contributed by atoms with van der Waals surface area (Å²) in [5, 5.41) is 0. The van der Waals surface area contributed by atoms with Gasteiger partial charge in [-0.1, -0.05) is 42.5 Å². The Balaban J connectivity index is 0.00000387.